The lowest BCUT2D eigenvalue weighted by Crippen LogP contribution is -1.96. The quantitative estimate of drug-likeness (QED) is 0.735. The second-order valence-corrected chi connectivity index (χ2v) is 3.28. The van der Waals surface area contributed by atoms with Crippen LogP contribution in [0.1, 0.15) is 5.69 Å². The summed E-state index contributed by atoms with van der Waals surface area (Å²) in [6.45, 7) is 1.95. The molecule has 0 aromatic carbocycles. The maximum absolute atomic E-state index is 5.85. The van der Waals surface area contributed by atoms with E-state index in [0.717, 1.165) is 17.0 Å². The number of rotatable bonds is 1. The van der Waals surface area contributed by atoms with Crippen molar-refractivity contribution in [2.75, 3.05) is 5.73 Å². The highest BCUT2D eigenvalue weighted by Gasteiger charge is 2.07. The van der Waals surface area contributed by atoms with Crippen molar-refractivity contribution in [3.05, 3.63) is 30.4 Å². The molecule has 0 aliphatic carbocycles. The first-order valence-electron chi connectivity index (χ1n) is 4.38. The minimum Gasteiger partial charge on any atom is -0.383 e. The van der Waals surface area contributed by atoms with Crippen LogP contribution in [-0.4, -0.2) is 14.5 Å². The molecule has 2 aromatic rings. The molecule has 0 spiro atoms. The molecular weight excluding hydrogens is 176 g/mol. The Kier molecular flexibility index (Phi) is 1.96. The Morgan fingerprint density at radius 1 is 1.29 bits per heavy atom. The molecule has 0 aliphatic rings. The Morgan fingerprint density at radius 2 is 2.07 bits per heavy atom. The number of imidazole rings is 1. The average molecular weight is 188 g/mol. The predicted octanol–water partition coefficient (Wildman–Crippen LogP) is 1.37. The van der Waals surface area contributed by atoms with Gasteiger partial charge < -0.3 is 10.3 Å². The van der Waals surface area contributed by atoms with Gasteiger partial charge in [-0.25, -0.2) is 4.98 Å². The minimum atomic E-state index is 0.663. The summed E-state index contributed by atoms with van der Waals surface area (Å²) >= 11 is 0. The van der Waals surface area contributed by atoms with Crippen molar-refractivity contribution in [1.82, 2.24) is 14.5 Å². The average Bonchev–Trinajstić information content (AvgIpc) is 2.50. The van der Waals surface area contributed by atoms with Crippen LogP contribution in [0.3, 0.4) is 0 Å². The Hall–Kier alpha value is -1.84. The molecule has 0 fully saturated rings. The molecule has 0 atom stereocenters. The molecule has 4 nitrogen and oxygen atoms in total. The minimum absolute atomic E-state index is 0.663. The normalized spacial score (nSPS) is 10.4. The molecule has 4 heteroatoms. The lowest BCUT2D eigenvalue weighted by Gasteiger charge is -1.99. The summed E-state index contributed by atoms with van der Waals surface area (Å²) < 4.78 is 1.79. The fraction of sp³-hybridized carbons (Fsp3) is 0.200. The molecule has 2 N–H and O–H groups in total. The van der Waals surface area contributed by atoms with Crippen molar-refractivity contribution in [1.29, 1.82) is 0 Å². The molecule has 0 amide bonds. The van der Waals surface area contributed by atoms with Gasteiger partial charge in [-0.1, -0.05) is 0 Å². The van der Waals surface area contributed by atoms with Crippen LogP contribution in [0.2, 0.25) is 0 Å². The molecule has 0 bridgehead atoms. The second kappa shape index (κ2) is 3.14. The summed E-state index contributed by atoms with van der Waals surface area (Å²) in [7, 11) is 1.87. The van der Waals surface area contributed by atoms with Gasteiger partial charge in [0.2, 0.25) is 0 Å². The number of aryl methyl sites for hydroxylation is 2. The summed E-state index contributed by atoms with van der Waals surface area (Å²) in [6, 6.07) is 3.92. The number of aromatic nitrogens is 3. The van der Waals surface area contributed by atoms with Gasteiger partial charge in [0.05, 0.1) is 6.33 Å². The van der Waals surface area contributed by atoms with E-state index >= 15 is 0 Å². The van der Waals surface area contributed by atoms with Crippen molar-refractivity contribution < 1.29 is 0 Å². The first-order chi connectivity index (χ1) is 6.68. The number of nitrogens with zero attached hydrogens (tertiary/aromatic N) is 3. The van der Waals surface area contributed by atoms with Crippen LogP contribution >= 0.6 is 0 Å². The molecule has 2 heterocycles. The summed E-state index contributed by atoms with van der Waals surface area (Å²) in [5.41, 5.74) is 8.58. The van der Waals surface area contributed by atoms with Gasteiger partial charge in [0.25, 0.3) is 0 Å². The topological polar surface area (TPSA) is 56.7 Å². The molecule has 0 unspecified atom stereocenters. The van der Waals surface area contributed by atoms with E-state index in [1.807, 2.05) is 26.1 Å². The van der Waals surface area contributed by atoms with Gasteiger partial charge in [0.15, 0.2) is 0 Å². The molecule has 0 radical (unpaired) electrons. The maximum atomic E-state index is 5.85. The zero-order valence-electron chi connectivity index (χ0n) is 8.23. The van der Waals surface area contributed by atoms with Crippen LogP contribution in [0.5, 0.6) is 0 Å². The number of pyridine rings is 1. The van der Waals surface area contributed by atoms with E-state index in [1.165, 1.54) is 0 Å². The molecular formula is C10H12N4. The van der Waals surface area contributed by atoms with E-state index in [2.05, 4.69) is 9.97 Å². The lowest BCUT2D eigenvalue weighted by atomic mass is 10.2. The fourth-order valence-electron chi connectivity index (χ4n) is 1.27. The summed E-state index contributed by atoms with van der Waals surface area (Å²) in [6.07, 6.45) is 3.48. The standard InChI is InChI=1S/C10H12N4/c1-7-3-4-8(5-12-7)9-10(11)14(2)6-13-9/h3-6H,11H2,1-2H3. The lowest BCUT2D eigenvalue weighted by molar-refractivity contribution is 0.925. The molecule has 0 saturated heterocycles. The number of hydrogen-bond acceptors (Lipinski definition) is 3. The molecule has 2 rings (SSSR count). The second-order valence-electron chi connectivity index (χ2n) is 3.28. The third kappa shape index (κ3) is 1.35. The highest BCUT2D eigenvalue weighted by atomic mass is 15.1. The van der Waals surface area contributed by atoms with Crippen LogP contribution in [0.25, 0.3) is 11.3 Å². The van der Waals surface area contributed by atoms with Gasteiger partial charge in [-0.3, -0.25) is 4.98 Å². The fourth-order valence-corrected chi connectivity index (χ4v) is 1.27. The van der Waals surface area contributed by atoms with Crippen LogP contribution < -0.4 is 5.73 Å². The predicted molar refractivity (Wildman–Crippen MR) is 55.6 cm³/mol. The van der Waals surface area contributed by atoms with Crippen molar-refractivity contribution in [3.8, 4) is 11.3 Å². The van der Waals surface area contributed by atoms with Crippen molar-refractivity contribution in [3.63, 3.8) is 0 Å². The molecule has 0 saturated carbocycles. The number of anilines is 1. The number of hydrogen-bond donors (Lipinski definition) is 1. The van der Waals surface area contributed by atoms with Crippen molar-refractivity contribution in [2.45, 2.75) is 6.92 Å². The number of nitrogen functional groups attached to an aromatic ring is 1. The van der Waals surface area contributed by atoms with E-state index in [1.54, 1.807) is 17.1 Å². The zero-order valence-corrected chi connectivity index (χ0v) is 8.23. The van der Waals surface area contributed by atoms with Crippen LogP contribution in [0.4, 0.5) is 5.82 Å². The van der Waals surface area contributed by atoms with Gasteiger partial charge in [0, 0.05) is 24.5 Å². The Morgan fingerprint density at radius 3 is 2.57 bits per heavy atom. The van der Waals surface area contributed by atoms with Gasteiger partial charge in [0.1, 0.15) is 11.5 Å². The van der Waals surface area contributed by atoms with E-state index < -0.39 is 0 Å². The van der Waals surface area contributed by atoms with Crippen molar-refractivity contribution >= 4 is 5.82 Å². The molecule has 72 valence electrons. The van der Waals surface area contributed by atoms with E-state index in [0.29, 0.717) is 5.82 Å². The van der Waals surface area contributed by atoms with E-state index in [-0.39, 0.29) is 0 Å². The Labute approximate surface area is 82.4 Å². The Balaban J connectivity index is 2.49. The molecule has 14 heavy (non-hydrogen) atoms. The summed E-state index contributed by atoms with van der Waals surface area (Å²) in [5.74, 6) is 0.663. The van der Waals surface area contributed by atoms with Crippen LogP contribution in [0.15, 0.2) is 24.7 Å². The highest BCUT2D eigenvalue weighted by molar-refractivity contribution is 5.69. The largest absolute Gasteiger partial charge is 0.383 e. The van der Waals surface area contributed by atoms with Crippen LogP contribution in [-0.2, 0) is 7.05 Å². The third-order valence-electron chi connectivity index (χ3n) is 2.17. The monoisotopic (exact) mass is 188 g/mol. The maximum Gasteiger partial charge on any atom is 0.131 e. The zero-order chi connectivity index (χ0) is 10.1. The van der Waals surface area contributed by atoms with Gasteiger partial charge in [-0.15, -0.1) is 0 Å². The SMILES string of the molecule is Cc1ccc(-c2ncn(C)c2N)cn1. The van der Waals surface area contributed by atoms with E-state index in [9.17, 15) is 0 Å². The summed E-state index contributed by atoms with van der Waals surface area (Å²) in [5, 5.41) is 0. The van der Waals surface area contributed by atoms with Crippen molar-refractivity contribution in [2.24, 2.45) is 7.05 Å². The third-order valence-corrected chi connectivity index (χ3v) is 2.17. The first-order valence-corrected chi connectivity index (χ1v) is 4.38. The summed E-state index contributed by atoms with van der Waals surface area (Å²) in [4.78, 5) is 8.41. The smallest absolute Gasteiger partial charge is 0.131 e. The number of nitrogens with two attached hydrogens (primary N) is 1. The van der Waals surface area contributed by atoms with Gasteiger partial charge in [-0.2, -0.15) is 0 Å². The Bertz CT molecular complexity index is 442. The van der Waals surface area contributed by atoms with E-state index in [4.69, 9.17) is 5.73 Å². The first kappa shape index (κ1) is 8.74. The van der Waals surface area contributed by atoms with Crippen LogP contribution in [0, 0.1) is 6.92 Å². The highest BCUT2D eigenvalue weighted by Crippen LogP contribution is 2.22. The van der Waals surface area contributed by atoms with Gasteiger partial charge >= 0.3 is 0 Å². The molecule has 0 aliphatic heterocycles. The van der Waals surface area contributed by atoms with Gasteiger partial charge in [-0.05, 0) is 19.1 Å². The molecule has 2 aromatic heterocycles.